The van der Waals surface area contributed by atoms with E-state index in [1.807, 2.05) is 0 Å². The second-order valence-electron chi connectivity index (χ2n) is 3.17. The van der Waals surface area contributed by atoms with Gasteiger partial charge in [-0.3, -0.25) is 9.36 Å². The summed E-state index contributed by atoms with van der Waals surface area (Å²) < 4.78 is 21.6. The van der Waals surface area contributed by atoms with Crippen LogP contribution >= 0.6 is 7.60 Å². The predicted octanol–water partition coefficient (Wildman–Crippen LogP) is 2.40. The lowest BCUT2D eigenvalue weighted by atomic mass is 10.1. The summed E-state index contributed by atoms with van der Waals surface area (Å²) in [4.78, 5) is 11.0. The zero-order valence-electron chi connectivity index (χ0n) is 9.07. The molecule has 1 atom stereocenters. The molecule has 1 unspecified atom stereocenters. The molecule has 14 heavy (non-hydrogen) atoms. The van der Waals surface area contributed by atoms with E-state index >= 15 is 0 Å². The molecule has 0 rings (SSSR count). The summed E-state index contributed by atoms with van der Waals surface area (Å²) in [7, 11) is -0.610. The van der Waals surface area contributed by atoms with Crippen molar-refractivity contribution in [1.29, 1.82) is 0 Å². The number of Topliss-reactive ketones (excluding diaryl/α,β-unsaturated/α-hetero) is 1. The van der Waals surface area contributed by atoms with E-state index in [9.17, 15) is 9.36 Å². The molecule has 0 N–H and O–H groups in total. The molecule has 0 aromatic carbocycles. The van der Waals surface area contributed by atoms with Gasteiger partial charge in [-0.1, -0.05) is 12.2 Å². The third kappa shape index (κ3) is 3.37. The van der Waals surface area contributed by atoms with Gasteiger partial charge in [-0.2, -0.15) is 0 Å². The van der Waals surface area contributed by atoms with E-state index in [4.69, 9.17) is 9.05 Å². The van der Waals surface area contributed by atoms with E-state index in [-0.39, 0.29) is 12.2 Å². The van der Waals surface area contributed by atoms with Crippen LogP contribution in [0.4, 0.5) is 0 Å². The summed E-state index contributed by atoms with van der Waals surface area (Å²) in [6.45, 7) is 6.83. The van der Waals surface area contributed by atoms with Crippen molar-refractivity contribution < 1.29 is 18.4 Å². The Morgan fingerprint density at radius 3 is 2.00 bits per heavy atom. The fourth-order valence-electron chi connectivity index (χ4n) is 1.16. The summed E-state index contributed by atoms with van der Waals surface area (Å²) >= 11 is 0. The van der Waals surface area contributed by atoms with E-state index in [0.29, 0.717) is 5.57 Å². The van der Waals surface area contributed by atoms with E-state index in [0.717, 1.165) is 0 Å². The molecule has 0 aliphatic carbocycles. The fraction of sp³-hybridized carbons (Fsp3) is 0.667. The Morgan fingerprint density at radius 1 is 1.36 bits per heavy atom. The number of hydrogen-bond acceptors (Lipinski definition) is 4. The van der Waals surface area contributed by atoms with Crippen molar-refractivity contribution in [1.82, 2.24) is 0 Å². The van der Waals surface area contributed by atoms with Crippen LogP contribution in [0, 0.1) is 0 Å². The molecule has 0 aromatic rings. The molecule has 0 saturated carbocycles. The maximum absolute atomic E-state index is 12.0. The molecule has 0 radical (unpaired) electrons. The van der Waals surface area contributed by atoms with Gasteiger partial charge in [0.15, 0.2) is 0 Å². The van der Waals surface area contributed by atoms with Crippen LogP contribution in [0.2, 0.25) is 0 Å². The minimum absolute atomic E-state index is 0.0627. The summed E-state index contributed by atoms with van der Waals surface area (Å²) in [6, 6.07) is 0. The first-order chi connectivity index (χ1) is 6.37. The number of ketones is 1. The van der Waals surface area contributed by atoms with Crippen LogP contribution in [0.25, 0.3) is 0 Å². The number of rotatable bonds is 6. The van der Waals surface area contributed by atoms with Crippen LogP contribution in [0.3, 0.4) is 0 Å². The summed E-state index contributed by atoms with van der Waals surface area (Å²) in [5, 5.41) is 0. The lowest BCUT2D eigenvalue weighted by Gasteiger charge is -2.23. The van der Waals surface area contributed by atoms with E-state index in [1.54, 1.807) is 6.92 Å². The van der Waals surface area contributed by atoms with E-state index in [1.165, 1.54) is 21.1 Å². The van der Waals surface area contributed by atoms with Crippen molar-refractivity contribution in [2.75, 3.05) is 14.2 Å². The first kappa shape index (κ1) is 13.6. The highest BCUT2D eigenvalue weighted by atomic mass is 31.2. The Bertz CT molecular complexity index is 264. The predicted molar refractivity (Wildman–Crippen MR) is 55.5 cm³/mol. The molecule has 0 aromatic heterocycles. The minimum Gasteiger partial charge on any atom is -0.312 e. The Balaban J connectivity index is 4.89. The number of hydrogen-bond donors (Lipinski definition) is 0. The van der Waals surface area contributed by atoms with Crippen molar-refractivity contribution in [2.24, 2.45) is 0 Å². The highest BCUT2D eigenvalue weighted by molar-refractivity contribution is 7.54. The van der Waals surface area contributed by atoms with Crippen molar-refractivity contribution in [3.63, 3.8) is 0 Å². The van der Waals surface area contributed by atoms with Gasteiger partial charge in [0.1, 0.15) is 5.78 Å². The van der Waals surface area contributed by atoms with Gasteiger partial charge in [-0.25, -0.2) is 0 Å². The third-order valence-corrected chi connectivity index (χ3v) is 4.35. The zero-order chi connectivity index (χ0) is 11.4. The molecule has 0 saturated heterocycles. The highest BCUT2D eigenvalue weighted by Gasteiger charge is 2.35. The molecule has 4 nitrogen and oxygen atoms in total. The quantitative estimate of drug-likeness (QED) is 0.509. The molecule has 0 spiro atoms. The molecular weight excluding hydrogens is 203 g/mol. The average molecular weight is 220 g/mol. The molecule has 5 heteroatoms. The van der Waals surface area contributed by atoms with Crippen LogP contribution < -0.4 is 0 Å². The monoisotopic (exact) mass is 220 g/mol. The number of carbonyl (C=O) groups excluding carboxylic acids is 1. The summed E-state index contributed by atoms with van der Waals surface area (Å²) in [5.41, 5.74) is 0.0854. The molecule has 0 amide bonds. The molecule has 82 valence electrons. The maximum Gasteiger partial charge on any atom is 0.337 e. The Hall–Kier alpha value is -0.440. The Labute approximate surface area is 84.8 Å². The smallest absolute Gasteiger partial charge is 0.312 e. The molecule has 0 bridgehead atoms. The average Bonchev–Trinajstić information content (AvgIpc) is 2.12. The van der Waals surface area contributed by atoms with Crippen molar-refractivity contribution in [3.05, 3.63) is 12.2 Å². The van der Waals surface area contributed by atoms with Crippen LogP contribution in [0.15, 0.2) is 12.2 Å². The van der Waals surface area contributed by atoms with Crippen LogP contribution in [0.1, 0.15) is 20.3 Å². The fourth-order valence-corrected chi connectivity index (χ4v) is 2.84. The van der Waals surface area contributed by atoms with Gasteiger partial charge in [0.25, 0.3) is 0 Å². The lowest BCUT2D eigenvalue weighted by molar-refractivity contribution is -0.117. The van der Waals surface area contributed by atoms with Gasteiger partial charge >= 0.3 is 7.60 Å². The summed E-state index contributed by atoms with van der Waals surface area (Å²) in [6.07, 6.45) is 0.133. The standard InChI is InChI=1S/C9H17O4P/c1-7(2)9(6-8(3)10)14(11,12-4)13-5/h9H,1,6H2,2-5H3. The van der Waals surface area contributed by atoms with E-state index in [2.05, 4.69) is 6.58 Å². The van der Waals surface area contributed by atoms with Crippen LogP contribution in [0.5, 0.6) is 0 Å². The minimum atomic E-state index is -3.22. The van der Waals surface area contributed by atoms with Crippen molar-refractivity contribution in [2.45, 2.75) is 25.9 Å². The Kier molecular flexibility index (Phi) is 5.27. The first-order valence-corrected chi connectivity index (χ1v) is 5.84. The van der Waals surface area contributed by atoms with Gasteiger partial charge in [0, 0.05) is 20.6 Å². The van der Waals surface area contributed by atoms with Gasteiger partial charge in [0.2, 0.25) is 0 Å². The SMILES string of the molecule is C=C(C)C(CC(C)=O)P(=O)(OC)OC. The summed E-state index contributed by atoms with van der Waals surface area (Å²) in [5.74, 6) is -0.0627. The molecular formula is C9H17O4P. The largest absolute Gasteiger partial charge is 0.337 e. The highest BCUT2D eigenvalue weighted by Crippen LogP contribution is 2.55. The van der Waals surface area contributed by atoms with Gasteiger partial charge in [-0.15, -0.1) is 0 Å². The molecule has 0 aliphatic heterocycles. The normalized spacial score (nSPS) is 13.7. The molecule has 0 heterocycles. The zero-order valence-corrected chi connectivity index (χ0v) is 9.97. The van der Waals surface area contributed by atoms with E-state index < -0.39 is 13.3 Å². The van der Waals surface area contributed by atoms with Crippen molar-refractivity contribution in [3.8, 4) is 0 Å². The molecule has 0 aliphatic rings. The van der Waals surface area contributed by atoms with Gasteiger partial charge < -0.3 is 9.05 Å². The topological polar surface area (TPSA) is 52.6 Å². The lowest BCUT2D eigenvalue weighted by Crippen LogP contribution is -2.16. The van der Waals surface area contributed by atoms with Crippen LogP contribution in [-0.4, -0.2) is 25.7 Å². The van der Waals surface area contributed by atoms with Gasteiger partial charge in [0.05, 0.1) is 5.66 Å². The van der Waals surface area contributed by atoms with Crippen molar-refractivity contribution >= 4 is 13.4 Å². The second kappa shape index (κ2) is 5.44. The van der Waals surface area contributed by atoms with Gasteiger partial charge in [-0.05, 0) is 13.8 Å². The maximum atomic E-state index is 12.0. The Morgan fingerprint density at radius 2 is 1.79 bits per heavy atom. The second-order valence-corrected chi connectivity index (χ2v) is 5.61. The molecule has 0 fully saturated rings. The first-order valence-electron chi connectivity index (χ1n) is 4.23. The third-order valence-electron chi connectivity index (χ3n) is 1.94. The van der Waals surface area contributed by atoms with Crippen LogP contribution in [-0.2, 0) is 18.4 Å². The number of allylic oxidation sites excluding steroid dienone is 1. The number of carbonyl (C=O) groups is 1.